The number of aryl methyl sites for hydroxylation is 1. The number of hydrogen-bond acceptors (Lipinski definition) is 4. The van der Waals surface area contributed by atoms with E-state index in [-0.39, 0.29) is 5.78 Å². The normalized spacial score (nSPS) is 17.4. The summed E-state index contributed by atoms with van der Waals surface area (Å²) in [6, 6.07) is 10.1. The van der Waals surface area contributed by atoms with Crippen LogP contribution in [0.4, 0.5) is 5.95 Å². The first-order chi connectivity index (χ1) is 10.1. The Bertz CT molecular complexity index is 667. The maximum atomic E-state index is 12.1. The summed E-state index contributed by atoms with van der Waals surface area (Å²) in [6.07, 6.45) is 1.46. The minimum atomic E-state index is 0.177. The molecule has 0 amide bonds. The summed E-state index contributed by atoms with van der Waals surface area (Å²) in [6.45, 7) is 4.67. The van der Waals surface area contributed by atoms with Gasteiger partial charge in [0.1, 0.15) is 0 Å². The van der Waals surface area contributed by atoms with Crippen molar-refractivity contribution in [2.75, 3.05) is 5.32 Å². The molecule has 0 aliphatic heterocycles. The SMILES string of the molecule is Cc1nc(NCc2ccccc2)nc2c1C(=O)C[C@H](C)C2. The van der Waals surface area contributed by atoms with Crippen LogP contribution in [0, 0.1) is 12.8 Å². The van der Waals surface area contributed by atoms with Crippen molar-refractivity contribution in [3.63, 3.8) is 0 Å². The molecular formula is C17H19N3O. The molecule has 0 saturated heterocycles. The third-order valence-electron chi connectivity index (χ3n) is 3.81. The van der Waals surface area contributed by atoms with Crippen molar-refractivity contribution in [3.8, 4) is 0 Å². The highest BCUT2D eigenvalue weighted by Gasteiger charge is 2.26. The summed E-state index contributed by atoms with van der Waals surface area (Å²) in [5, 5.41) is 3.25. The van der Waals surface area contributed by atoms with E-state index >= 15 is 0 Å². The van der Waals surface area contributed by atoms with Gasteiger partial charge in [-0.1, -0.05) is 37.3 Å². The number of benzene rings is 1. The third kappa shape index (κ3) is 2.94. The maximum absolute atomic E-state index is 12.1. The van der Waals surface area contributed by atoms with Crippen molar-refractivity contribution in [1.29, 1.82) is 0 Å². The average molecular weight is 281 g/mol. The summed E-state index contributed by atoms with van der Waals surface area (Å²) in [5.74, 6) is 1.15. The number of carbonyl (C=O) groups excluding carboxylic acids is 1. The van der Waals surface area contributed by atoms with Crippen LogP contribution in [-0.4, -0.2) is 15.8 Å². The van der Waals surface area contributed by atoms with Crippen LogP contribution >= 0.6 is 0 Å². The summed E-state index contributed by atoms with van der Waals surface area (Å²) >= 11 is 0. The zero-order chi connectivity index (χ0) is 14.8. The molecule has 1 atom stereocenters. The molecule has 1 heterocycles. The molecule has 4 nitrogen and oxygen atoms in total. The number of rotatable bonds is 3. The smallest absolute Gasteiger partial charge is 0.223 e. The minimum Gasteiger partial charge on any atom is -0.350 e. The Morgan fingerprint density at radius 1 is 1.19 bits per heavy atom. The van der Waals surface area contributed by atoms with Gasteiger partial charge in [-0.3, -0.25) is 4.79 Å². The number of aromatic nitrogens is 2. The molecule has 4 heteroatoms. The Labute approximate surface area is 124 Å². The van der Waals surface area contributed by atoms with Gasteiger partial charge in [0.25, 0.3) is 0 Å². The van der Waals surface area contributed by atoms with Crippen LogP contribution in [0.5, 0.6) is 0 Å². The highest BCUT2D eigenvalue weighted by molar-refractivity contribution is 5.99. The summed E-state index contributed by atoms with van der Waals surface area (Å²) < 4.78 is 0. The standard InChI is InChI=1S/C17H19N3O/c1-11-8-14-16(15(21)9-11)12(2)19-17(20-14)18-10-13-6-4-3-5-7-13/h3-7,11H,8-10H2,1-2H3,(H,18,19,20)/t11-/m1/s1. The van der Waals surface area contributed by atoms with Gasteiger partial charge in [0.2, 0.25) is 5.95 Å². The van der Waals surface area contributed by atoms with Gasteiger partial charge in [-0.25, -0.2) is 9.97 Å². The minimum absolute atomic E-state index is 0.177. The molecule has 0 saturated carbocycles. The number of ketones is 1. The van der Waals surface area contributed by atoms with E-state index in [1.807, 2.05) is 25.1 Å². The lowest BCUT2D eigenvalue weighted by molar-refractivity contribution is 0.0951. The number of carbonyl (C=O) groups is 1. The van der Waals surface area contributed by atoms with E-state index in [4.69, 9.17) is 0 Å². The first kappa shape index (κ1) is 13.7. The first-order valence-corrected chi connectivity index (χ1v) is 7.32. The van der Waals surface area contributed by atoms with E-state index in [2.05, 4.69) is 34.3 Å². The fraction of sp³-hybridized carbons (Fsp3) is 0.353. The fourth-order valence-corrected chi connectivity index (χ4v) is 2.82. The lowest BCUT2D eigenvalue weighted by Gasteiger charge is -2.21. The predicted octanol–water partition coefficient (Wildman–Crippen LogP) is 3.16. The molecule has 1 aromatic carbocycles. The molecule has 0 radical (unpaired) electrons. The molecule has 3 rings (SSSR count). The molecule has 0 bridgehead atoms. The van der Waals surface area contributed by atoms with E-state index in [0.717, 1.165) is 23.4 Å². The van der Waals surface area contributed by atoms with E-state index in [9.17, 15) is 4.79 Å². The average Bonchev–Trinajstić information content (AvgIpc) is 2.45. The number of nitrogens with zero attached hydrogens (tertiary/aromatic N) is 2. The summed E-state index contributed by atoms with van der Waals surface area (Å²) in [5.41, 5.74) is 3.59. The largest absolute Gasteiger partial charge is 0.350 e. The Morgan fingerprint density at radius 2 is 1.95 bits per heavy atom. The number of hydrogen-bond donors (Lipinski definition) is 1. The number of anilines is 1. The molecule has 1 aliphatic carbocycles. The van der Waals surface area contributed by atoms with Gasteiger partial charge >= 0.3 is 0 Å². The highest BCUT2D eigenvalue weighted by Crippen LogP contribution is 2.26. The molecule has 1 aromatic heterocycles. The van der Waals surface area contributed by atoms with Gasteiger partial charge in [-0.2, -0.15) is 0 Å². The molecule has 2 aromatic rings. The van der Waals surface area contributed by atoms with E-state index in [0.29, 0.717) is 24.8 Å². The van der Waals surface area contributed by atoms with Crippen LogP contribution in [0.25, 0.3) is 0 Å². The van der Waals surface area contributed by atoms with Crippen molar-refractivity contribution in [2.24, 2.45) is 5.92 Å². The Balaban J connectivity index is 1.83. The summed E-state index contributed by atoms with van der Waals surface area (Å²) in [4.78, 5) is 21.1. The van der Waals surface area contributed by atoms with Crippen LogP contribution in [0.15, 0.2) is 30.3 Å². The van der Waals surface area contributed by atoms with Gasteiger partial charge < -0.3 is 5.32 Å². The first-order valence-electron chi connectivity index (χ1n) is 7.32. The molecule has 0 spiro atoms. The van der Waals surface area contributed by atoms with Gasteiger partial charge in [-0.15, -0.1) is 0 Å². The number of fused-ring (bicyclic) bond motifs is 1. The second-order valence-corrected chi connectivity index (χ2v) is 5.73. The highest BCUT2D eigenvalue weighted by atomic mass is 16.1. The van der Waals surface area contributed by atoms with Crippen LogP contribution < -0.4 is 5.32 Å². The molecule has 21 heavy (non-hydrogen) atoms. The van der Waals surface area contributed by atoms with Crippen LogP contribution in [-0.2, 0) is 13.0 Å². The van der Waals surface area contributed by atoms with Crippen LogP contribution in [0.3, 0.4) is 0 Å². The van der Waals surface area contributed by atoms with Crippen LogP contribution in [0.1, 0.15) is 40.7 Å². The monoisotopic (exact) mass is 281 g/mol. The maximum Gasteiger partial charge on any atom is 0.223 e. The van der Waals surface area contributed by atoms with Crippen molar-refractivity contribution >= 4 is 11.7 Å². The van der Waals surface area contributed by atoms with E-state index in [1.54, 1.807) is 0 Å². The molecule has 0 unspecified atom stereocenters. The van der Waals surface area contributed by atoms with E-state index < -0.39 is 0 Å². The second-order valence-electron chi connectivity index (χ2n) is 5.73. The Hall–Kier alpha value is -2.23. The van der Waals surface area contributed by atoms with Crippen LogP contribution in [0.2, 0.25) is 0 Å². The van der Waals surface area contributed by atoms with Crippen molar-refractivity contribution in [2.45, 2.75) is 33.2 Å². The lowest BCUT2D eigenvalue weighted by atomic mass is 9.86. The Kier molecular flexibility index (Phi) is 3.69. The zero-order valence-corrected chi connectivity index (χ0v) is 12.4. The third-order valence-corrected chi connectivity index (χ3v) is 3.81. The molecule has 1 aliphatic rings. The predicted molar refractivity (Wildman–Crippen MR) is 82.4 cm³/mol. The van der Waals surface area contributed by atoms with Crippen molar-refractivity contribution in [1.82, 2.24) is 9.97 Å². The molecular weight excluding hydrogens is 262 g/mol. The number of Topliss-reactive ketones (excluding diaryl/α,β-unsaturated/α-hetero) is 1. The molecule has 1 N–H and O–H groups in total. The van der Waals surface area contributed by atoms with Crippen molar-refractivity contribution < 1.29 is 4.79 Å². The van der Waals surface area contributed by atoms with Gasteiger partial charge in [0, 0.05) is 13.0 Å². The molecule has 108 valence electrons. The van der Waals surface area contributed by atoms with Gasteiger partial charge in [0.15, 0.2) is 5.78 Å². The Morgan fingerprint density at radius 3 is 2.71 bits per heavy atom. The summed E-state index contributed by atoms with van der Waals surface area (Å²) in [7, 11) is 0. The fourth-order valence-electron chi connectivity index (χ4n) is 2.82. The van der Waals surface area contributed by atoms with E-state index in [1.165, 1.54) is 5.56 Å². The topological polar surface area (TPSA) is 54.9 Å². The second kappa shape index (κ2) is 5.64. The van der Waals surface area contributed by atoms with Gasteiger partial charge in [-0.05, 0) is 24.8 Å². The lowest BCUT2D eigenvalue weighted by Crippen LogP contribution is -2.22. The quantitative estimate of drug-likeness (QED) is 0.939. The van der Waals surface area contributed by atoms with Crippen molar-refractivity contribution in [3.05, 3.63) is 52.8 Å². The zero-order valence-electron chi connectivity index (χ0n) is 12.4. The molecule has 0 fully saturated rings. The van der Waals surface area contributed by atoms with Gasteiger partial charge in [0.05, 0.1) is 17.0 Å². The number of nitrogens with one attached hydrogen (secondary N) is 1.